The standard InChI is InChI=1S/C16H13ClN2O2/c1-16(15(20)21,12-5-3-2-4-6-12)19-13-8-7-11(10-18)14(17)9-13/h2-9,19H,1H3,(H,20,21). The number of carboxylic acid groups (broad SMARTS) is 1. The molecule has 4 nitrogen and oxygen atoms in total. The van der Waals surface area contributed by atoms with Crippen LogP contribution < -0.4 is 5.32 Å². The molecule has 2 aromatic rings. The second-order valence-corrected chi connectivity index (χ2v) is 5.13. The van der Waals surface area contributed by atoms with Crippen molar-refractivity contribution in [2.45, 2.75) is 12.5 Å². The highest BCUT2D eigenvalue weighted by Gasteiger charge is 2.35. The van der Waals surface area contributed by atoms with E-state index >= 15 is 0 Å². The molecule has 0 spiro atoms. The maximum Gasteiger partial charge on any atom is 0.333 e. The first-order chi connectivity index (χ1) is 9.97. The maximum atomic E-state index is 11.7. The number of carbonyl (C=O) groups is 1. The Bertz CT molecular complexity index is 710. The highest BCUT2D eigenvalue weighted by atomic mass is 35.5. The van der Waals surface area contributed by atoms with E-state index in [9.17, 15) is 9.90 Å². The topological polar surface area (TPSA) is 73.1 Å². The zero-order valence-electron chi connectivity index (χ0n) is 11.3. The van der Waals surface area contributed by atoms with Crippen LogP contribution in [0.5, 0.6) is 0 Å². The summed E-state index contributed by atoms with van der Waals surface area (Å²) in [5, 5.41) is 21.7. The summed E-state index contributed by atoms with van der Waals surface area (Å²) < 4.78 is 0. The van der Waals surface area contributed by atoms with E-state index in [1.165, 1.54) is 0 Å². The Morgan fingerprint density at radius 1 is 1.29 bits per heavy atom. The molecule has 2 aromatic carbocycles. The Hall–Kier alpha value is -2.51. The summed E-state index contributed by atoms with van der Waals surface area (Å²) in [7, 11) is 0. The number of hydrogen-bond acceptors (Lipinski definition) is 3. The number of hydrogen-bond donors (Lipinski definition) is 2. The summed E-state index contributed by atoms with van der Waals surface area (Å²) in [5.41, 5.74) is 0.211. The molecule has 0 aliphatic carbocycles. The van der Waals surface area contributed by atoms with Gasteiger partial charge in [-0.2, -0.15) is 5.26 Å². The van der Waals surface area contributed by atoms with Crippen LogP contribution in [0.15, 0.2) is 48.5 Å². The SMILES string of the molecule is CC(Nc1ccc(C#N)c(Cl)c1)(C(=O)O)c1ccccc1. The zero-order valence-corrected chi connectivity index (χ0v) is 12.1. The third kappa shape index (κ3) is 2.99. The molecule has 0 aliphatic heterocycles. The van der Waals surface area contributed by atoms with Crippen LogP contribution in [0.1, 0.15) is 18.1 Å². The van der Waals surface area contributed by atoms with Gasteiger partial charge in [0.15, 0.2) is 5.54 Å². The van der Waals surface area contributed by atoms with Gasteiger partial charge in [-0.15, -0.1) is 0 Å². The van der Waals surface area contributed by atoms with Gasteiger partial charge >= 0.3 is 5.97 Å². The van der Waals surface area contributed by atoms with Crippen LogP contribution >= 0.6 is 11.6 Å². The van der Waals surface area contributed by atoms with Gasteiger partial charge in [-0.3, -0.25) is 0 Å². The van der Waals surface area contributed by atoms with Crippen molar-refractivity contribution in [3.8, 4) is 6.07 Å². The van der Waals surface area contributed by atoms with Gasteiger partial charge in [-0.05, 0) is 30.7 Å². The molecular formula is C16H13ClN2O2. The van der Waals surface area contributed by atoms with Crippen molar-refractivity contribution in [2.24, 2.45) is 0 Å². The van der Waals surface area contributed by atoms with Crippen molar-refractivity contribution in [3.05, 3.63) is 64.7 Å². The van der Waals surface area contributed by atoms with E-state index in [1.54, 1.807) is 49.4 Å². The number of halogens is 1. The number of aliphatic carboxylic acids is 1. The first-order valence-corrected chi connectivity index (χ1v) is 6.62. The molecule has 0 aromatic heterocycles. The molecule has 0 heterocycles. The predicted octanol–water partition coefficient (Wildman–Crippen LogP) is 3.62. The van der Waals surface area contributed by atoms with Gasteiger partial charge in [0.1, 0.15) is 6.07 Å². The van der Waals surface area contributed by atoms with Crippen molar-refractivity contribution in [1.29, 1.82) is 5.26 Å². The van der Waals surface area contributed by atoms with Crippen molar-refractivity contribution in [3.63, 3.8) is 0 Å². The summed E-state index contributed by atoms with van der Waals surface area (Å²) in [6, 6.07) is 15.6. The van der Waals surface area contributed by atoms with Crippen molar-refractivity contribution in [1.82, 2.24) is 0 Å². The Morgan fingerprint density at radius 2 is 1.95 bits per heavy atom. The van der Waals surface area contributed by atoms with Crippen LogP contribution in [0.2, 0.25) is 5.02 Å². The molecule has 0 bridgehead atoms. The molecule has 1 atom stereocenters. The third-order valence-electron chi connectivity index (χ3n) is 3.26. The summed E-state index contributed by atoms with van der Waals surface area (Å²) in [6.45, 7) is 1.58. The normalized spacial score (nSPS) is 13.0. The fourth-order valence-corrected chi connectivity index (χ4v) is 2.22. The minimum atomic E-state index is -1.29. The van der Waals surface area contributed by atoms with E-state index in [0.717, 1.165) is 0 Å². The summed E-state index contributed by atoms with van der Waals surface area (Å²) >= 11 is 5.97. The molecule has 106 valence electrons. The van der Waals surface area contributed by atoms with Crippen LogP contribution in [0.3, 0.4) is 0 Å². The van der Waals surface area contributed by atoms with Crippen LogP contribution in [-0.4, -0.2) is 11.1 Å². The Balaban J connectivity index is 2.40. The van der Waals surface area contributed by atoms with Crippen LogP contribution in [0, 0.1) is 11.3 Å². The molecule has 2 rings (SSSR count). The average molecular weight is 301 g/mol. The van der Waals surface area contributed by atoms with Gasteiger partial charge in [0.25, 0.3) is 0 Å². The lowest BCUT2D eigenvalue weighted by Crippen LogP contribution is -2.40. The molecule has 0 saturated heterocycles. The van der Waals surface area contributed by atoms with Gasteiger partial charge in [-0.1, -0.05) is 41.9 Å². The lowest BCUT2D eigenvalue weighted by molar-refractivity contribution is -0.142. The Kier molecular flexibility index (Phi) is 4.15. The number of nitriles is 1. The lowest BCUT2D eigenvalue weighted by atomic mass is 9.91. The van der Waals surface area contributed by atoms with E-state index in [1.807, 2.05) is 12.1 Å². The summed E-state index contributed by atoms with van der Waals surface area (Å²) in [5.74, 6) is -1.01. The van der Waals surface area contributed by atoms with Crippen LogP contribution in [0.4, 0.5) is 5.69 Å². The van der Waals surface area contributed by atoms with Gasteiger partial charge in [0, 0.05) is 5.69 Å². The monoisotopic (exact) mass is 300 g/mol. The number of rotatable bonds is 4. The van der Waals surface area contributed by atoms with Gasteiger partial charge in [0.05, 0.1) is 10.6 Å². The van der Waals surface area contributed by atoms with Crippen LogP contribution in [0.25, 0.3) is 0 Å². The van der Waals surface area contributed by atoms with Gasteiger partial charge < -0.3 is 10.4 Å². The molecule has 0 saturated carbocycles. The zero-order chi connectivity index (χ0) is 15.5. The highest BCUT2D eigenvalue weighted by molar-refractivity contribution is 6.32. The second kappa shape index (κ2) is 5.86. The smallest absolute Gasteiger partial charge is 0.333 e. The van der Waals surface area contributed by atoms with E-state index in [2.05, 4.69) is 5.32 Å². The largest absolute Gasteiger partial charge is 0.479 e. The first kappa shape index (κ1) is 14.9. The quantitative estimate of drug-likeness (QED) is 0.904. The van der Waals surface area contributed by atoms with Crippen LogP contribution in [-0.2, 0) is 10.3 Å². The number of carboxylic acids is 1. The molecule has 5 heteroatoms. The number of nitrogens with zero attached hydrogens (tertiary/aromatic N) is 1. The van der Waals surface area contributed by atoms with Gasteiger partial charge in [-0.25, -0.2) is 4.79 Å². The lowest BCUT2D eigenvalue weighted by Gasteiger charge is -2.28. The van der Waals surface area contributed by atoms with E-state index in [0.29, 0.717) is 16.8 Å². The fourth-order valence-electron chi connectivity index (χ4n) is 1.99. The van der Waals surface area contributed by atoms with E-state index < -0.39 is 11.5 Å². The second-order valence-electron chi connectivity index (χ2n) is 4.73. The molecule has 1 unspecified atom stereocenters. The molecule has 21 heavy (non-hydrogen) atoms. The highest BCUT2D eigenvalue weighted by Crippen LogP contribution is 2.28. The fraction of sp³-hybridized carbons (Fsp3) is 0.125. The number of anilines is 1. The number of nitrogens with one attached hydrogen (secondary N) is 1. The van der Waals surface area contributed by atoms with Crippen molar-refractivity contribution < 1.29 is 9.90 Å². The minimum absolute atomic E-state index is 0.281. The Labute approximate surface area is 127 Å². The predicted molar refractivity (Wildman–Crippen MR) is 81.2 cm³/mol. The third-order valence-corrected chi connectivity index (χ3v) is 3.58. The Morgan fingerprint density at radius 3 is 2.48 bits per heavy atom. The minimum Gasteiger partial charge on any atom is -0.479 e. The molecule has 0 fully saturated rings. The molecule has 0 radical (unpaired) electrons. The van der Waals surface area contributed by atoms with Gasteiger partial charge in [0.2, 0.25) is 0 Å². The summed E-state index contributed by atoms with van der Waals surface area (Å²) in [6.07, 6.45) is 0. The van der Waals surface area contributed by atoms with Crippen molar-refractivity contribution in [2.75, 3.05) is 5.32 Å². The summed E-state index contributed by atoms with van der Waals surface area (Å²) in [4.78, 5) is 11.7. The van der Waals surface area contributed by atoms with E-state index in [-0.39, 0.29) is 5.02 Å². The van der Waals surface area contributed by atoms with E-state index in [4.69, 9.17) is 16.9 Å². The first-order valence-electron chi connectivity index (χ1n) is 6.24. The molecule has 0 amide bonds. The average Bonchev–Trinajstić information content (AvgIpc) is 2.48. The number of benzene rings is 2. The molecular weight excluding hydrogens is 288 g/mol. The van der Waals surface area contributed by atoms with Crippen molar-refractivity contribution >= 4 is 23.3 Å². The maximum absolute atomic E-state index is 11.7. The molecule has 2 N–H and O–H groups in total. The molecule has 0 aliphatic rings.